The first-order valence-corrected chi connectivity index (χ1v) is 10.9. The van der Waals surface area contributed by atoms with Gasteiger partial charge in [-0.2, -0.15) is 18.3 Å². The summed E-state index contributed by atoms with van der Waals surface area (Å²) in [4.78, 5) is 11.1. The molecule has 0 aliphatic carbocycles. The van der Waals surface area contributed by atoms with Crippen LogP contribution in [0.3, 0.4) is 0 Å². The molecule has 5 rings (SSSR count). The van der Waals surface area contributed by atoms with E-state index in [4.69, 9.17) is 5.11 Å². The van der Waals surface area contributed by atoms with Gasteiger partial charge in [-0.05, 0) is 34.9 Å². The molecule has 0 aliphatic heterocycles. The second-order valence-corrected chi connectivity index (χ2v) is 8.15. The van der Waals surface area contributed by atoms with E-state index < -0.39 is 17.7 Å². The van der Waals surface area contributed by atoms with Crippen LogP contribution in [0.25, 0.3) is 33.3 Å². The van der Waals surface area contributed by atoms with Crippen LogP contribution >= 0.6 is 0 Å². The van der Waals surface area contributed by atoms with E-state index in [0.29, 0.717) is 17.6 Å². The predicted molar refractivity (Wildman–Crippen MR) is 128 cm³/mol. The zero-order valence-electron chi connectivity index (χ0n) is 18.3. The van der Waals surface area contributed by atoms with Crippen molar-refractivity contribution >= 4 is 16.9 Å². The number of carbonyl (C=O) groups is 1. The van der Waals surface area contributed by atoms with E-state index >= 15 is 0 Å². The van der Waals surface area contributed by atoms with Crippen molar-refractivity contribution in [3.63, 3.8) is 0 Å². The lowest BCUT2D eigenvalue weighted by Crippen LogP contribution is -2.06. The molecular formula is C28H19F3N2O2. The number of fused-ring (bicyclic) bond motifs is 1. The van der Waals surface area contributed by atoms with Crippen molar-refractivity contribution in [2.24, 2.45) is 0 Å². The fourth-order valence-corrected chi connectivity index (χ4v) is 4.18. The zero-order valence-corrected chi connectivity index (χ0v) is 18.3. The van der Waals surface area contributed by atoms with Gasteiger partial charge in [0.05, 0.1) is 23.4 Å². The van der Waals surface area contributed by atoms with Gasteiger partial charge in [0.1, 0.15) is 5.52 Å². The maximum absolute atomic E-state index is 13.7. The first-order chi connectivity index (χ1) is 16.8. The predicted octanol–water partition coefficient (Wildman–Crippen LogP) is 7.14. The van der Waals surface area contributed by atoms with Gasteiger partial charge in [-0.25, -0.2) is 4.79 Å². The van der Waals surface area contributed by atoms with Crippen LogP contribution in [0.5, 0.6) is 0 Å². The van der Waals surface area contributed by atoms with Gasteiger partial charge >= 0.3 is 12.1 Å². The van der Waals surface area contributed by atoms with Crippen LogP contribution in [0, 0.1) is 0 Å². The summed E-state index contributed by atoms with van der Waals surface area (Å²) in [5, 5.41) is 13.9. The van der Waals surface area contributed by atoms with Crippen LogP contribution in [0.1, 0.15) is 21.5 Å². The van der Waals surface area contributed by atoms with E-state index in [1.54, 1.807) is 22.9 Å². The van der Waals surface area contributed by atoms with E-state index in [9.17, 15) is 18.0 Å². The molecule has 0 unspecified atom stereocenters. The second kappa shape index (κ2) is 8.76. The largest absolute Gasteiger partial charge is 0.478 e. The van der Waals surface area contributed by atoms with E-state index in [1.807, 2.05) is 54.6 Å². The highest BCUT2D eigenvalue weighted by Gasteiger charge is 2.34. The van der Waals surface area contributed by atoms with E-state index in [-0.39, 0.29) is 11.1 Å². The van der Waals surface area contributed by atoms with Crippen LogP contribution in [0.2, 0.25) is 0 Å². The Bertz CT molecular complexity index is 1500. The average molecular weight is 472 g/mol. The molecule has 0 radical (unpaired) electrons. The third-order valence-electron chi connectivity index (χ3n) is 5.87. The maximum atomic E-state index is 13.7. The van der Waals surface area contributed by atoms with E-state index in [0.717, 1.165) is 28.3 Å². The Hall–Kier alpha value is -4.39. The molecule has 4 nitrogen and oxygen atoms in total. The lowest BCUT2D eigenvalue weighted by atomic mass is 10.00. The minimum absolute atomic E-state index is 0.0840. The minimum Gasteiger partial charge on any atom is -0.478 e. The summed E-state index contributed by atoms with van der Waals surface area (Å²) in [5.41, 5.74) is 3.30. The van der Waals surface area contributed by atoms with Gasteiger partial charge in [0, 0.05) is 10.9 Å². The topological polar surface area (TPSA) is 55.1 Å². The van der Waals surface area contributed by atoms with Gasteiger partial charge in [0.15, 0.2) is 0 Å². The molecule has 5 aromatic rings. The Balaban J connectivity index is 1.61. The fourth-order valence-electron chi connectivity index (χ4n) is 4.18. The Morgan fingerprint density at radius 3 is 1.97 bits per heavy atom. The number of carboxylic acid groups (broad SMARTS) is 1. The number of rotatable bonds is 5. The molecule has 0 amide bonds. The lowest BCUT2D eigenvalue weighted by molar-refractivity contribution is -0.136. The Kier molecular flexibility index (Phi) is 5.61. The highest BCUT2D eigenvalue weighted by Crippen LogP contribution is 2.38. The summed E-state index contributed by atoms with van der Waals surface area (Å²) in [6.45, 7) is 0.320. The molecule has 0 saturated heterocycles. The molecule has 1 heterocycles. The number of carboxylic acids is 1. The fraction of sp³-hybridized carbons (Fsp3) is 0.0714. The number of nitrogens with zero attached hydrogens (tertiary/aromatic N) is 2. The molecule has 0 atom stereocenters. The zero-order chi connectivity index (χ0) is 24.6. The van der Waals surface area contributed by atoms with Crippen molar-refractivity contribution in [2.75, 3.05) is 0 Å². The van der Waals surface area contributed by atoms with Crippen molar-refractivity contribution in [2.45, 2.75) is 12.7 Å². The van der Waals surface area contributed by atoms with E-state index in [1.165, 1.54) is 18.2 Å². The Labute approximate surface area is 198 Å². The first-order valence-electron chi connectivity index (χ1n) is 10.9. The second-order valence-electron chi connectivity index (χ2n) is 8.15. The maximum Gasteiger partial charge on any atom is 0.418 e. The highest BCUT2D eigenvalue weighted by atomic mass is 19.4. The molecule has 1 aromatic heterocycles. The Morgan fingerprint density at radius 1 is 0.771 bits per heavy atom. The molecule has 0 fully saturated rings. The molecule has 0 saturated carbocycles. The highest BCUT2D eigenvalue weighted by molar-refractivity contribution is 5.95. The standard InChI is InChI=1S/C28H19F3N2O2/c29-28(30,31)24-8-4-7-23-25(24)32-33(17-18-5-2-1-3-6-18)26(23)21-13-9-19(10-14-21)20-11-15-22(16-12-20)27(34)35/h1-16H,17H2,(H,34,35). The molecule has 7 heteroatoms. The third kappa shape index (κ3) is 4.40. The summed E-state index contributed by atoms with van der Waals surface area (Å²) in [6.07, 6.45) is -4.52. The number of hydrogen-bond acceptors (Lipinski definition) is 2. The molecule has 4 aromatic carbocycles. The number of alkyl halides is 3. The van der Waals surface area contributed by atoms with Gasteiger partial charge in [-0.15, -0.1) is 0 Å². The number of aromatic nitrogens is 2. The molecule has 174 valence electrons. The number of halogens is 3. The van der Waals surface area contributed by atoms with Crippen molar-refractivity contribution in [3.8, 4) is 22.4 Å². The summed E-state index contributed by atoms with van der Waals surface area (Å²) in [7, 11) is 0. The first kappa shape index (κ1) is 22.4. The van der Waals surface area contributed by atoms with Gasteiger partial charge < -0.3 is 5.11 Å². The quantitative estimate of drug-likeness (QED) is 0.296. The van der Waals surface area contributed by atoms with Gasteiger partial charge in [0.25, 0.3) is 0 Å². The molecular weight excluding hydrogens is 453 g/mol. The smallest absolute Gasteiger partial charge is 0.418 e. The van der Waals surface area contributed by atoms with Gasteiger partial charge in [-0.1, -0.05) is 78.9 Å². The van der Waals surface area contributed by atoms with Crippen LogP contribution in [-0.2, 0) is 12.7 Å². The van der Waals surface area contributed by atoms with Gasteiger partial charge in [0.2, 0.25) is 0 Å². The summed E-state index contributed by atoms with van der Waals surface area (Å²) >= 11 is 0. The van der Waals surface area contributed by atoms with Gasteiger partial charge in [-0.3, -0.25) is 4.68 Å². The number of benzene rings is 4. The molecule has 1 N–H and O–H groups in total. The monoisotopic (exact) mass is 472 g/mol. The van der Waals surface area contributed by atoms with Crippen LogP contribution in [-0.4, -0.2) is 20.9 Å². The number of aromatic carboxylic acids is 1. The van der Waals surface area contributed by atoms with Crippen molar-refractivity contribution in [1.82, 2.24) is 9.78 Å². The summed E-state index contributed by atoms with van der Waals surface area (Å²) in [5.74, 6) is -0.997. The average Bonchev–Trinajstić information content (AvgIpc) is 3.22. The molecule has 0 spiro atoms. The molecule has 0 aliphatic rings. The van der Waals surface area contributed by atoms with Crippen LogP contribution in [0.4, 0.5) is 13.2 Å². The van der Waals surface area contributed by atoms with Crippen molar-refractivity contribution < 1.29 is 23.1 Å². The SMILES string of the molecule is O=C(O)c1ccc(-c2ccc(-c3c4cccc(C(F)(F)F)c4nn3Cc3ccccc3)cc2)cc1. The van der Waals surface area contributed by atoms with Crippen molar-refractivity contribution in [3.05, 3.63) is 114 Å². The number of hydrogen-bond donors (Lipinski definition) is 1. The van der Waals surface area contributed by atoms with Crippen LogP contribution < -0.4 is 0 Å². The molecule has 35 heavy (non-hydrogen) atoms. The lowest BCUT2D eigenvalue weighted by Gasteiger charge is -2.10. The summed E-state index contributed by atoms with van der Waals surface area (Å²) in [6, 6.07) is 27.5. The van der Waals surface area contributed by atoms with E-state index in [2.05, 4.69) is 5.10 Å². The summed E-state index contributed by atoms with van der Waals surface area (Å²) < 4.78 is 42.8. The molecule has 0 bridgehead atoms. The van der Waals surface area contributed by atoms with Crippen LogP contribution in [0.15, 0.2) is 97.1 Å². The normalized spacial score (nSPS) is 11.6. The van der Waals surface area contributed by atoms with Crippen molar-refractivity contribution in [1.29, 1.82) is 0 Å². The minimum atomic E-state index is -4.52. The Morgan fingerprint density at radius 2 is 1.37 bits per heavy atom. The third-order valence-corrected chi connectivity index (χ3v) is 5.87.